The van der Waals surface area contributed by atoms with E-state index in [1.165, 1.54) is 16.7 Å². The molecule has 0 saturated carbocycles. The highest BCUT2D eigenvalue weighted by atomic mass is 32.1. The Balaban J connectivity index is 1.00. The monoisotopic (exact) mass is 1300 g/mol. The smallest absolute Gasteiger partial charge is 0.410 e. The van der Waals surface area contributed by atoms with Crippen LogP contribution in [0.1, 0.15) is 88.7 Å². The summed E-state index contributed by atoms with van der Waals surface area (Å²) in [4.78, 5) is 99.1. The molecule has 2 fully saturated rings. The van der Waals surface area contributed by atoms with Crippen molar-refractivity contribution in [2.45, 2.75) is 103 Å². The van der Waals surface area contributed by atoms with Gasteiger partial charge in [0.05, 0.1) is 77.2 Å². The maximum atomic E-state index is 16.4. The molecule has 91 heavy (non-hydrogen) atoms. The summed E-state index contributed by atoms with van der Waals surface area (Å²) in [5.41, 5.74) is 7.01. The molecule has 1 aromatic heterocycles. The molecule has 500 valence electrons. The Morgan fingerprint density at radius 2 is 1.48 bits per heavy atom. The van der Waals surface area contributed by atoms with Gasteiger partial charge in [-0.25, -0.2) is 27.7 Å². The highest BCUT2D eigenvalue weighted by Crippen LogP contribution is 2.39. The number of Topliss-reactive ketones (excluding diaryl/α,β-unsaturated/α-hetero) is 1. The van der Waals surface area contributed by atoms with Crippen LogP contribution in [0.5, 0.6) is 0 Å². The van der Waals surface area contributed by atoms with Crippen molar-refractivity contribution in [1.29, 1.82) is 0 Å². The topological polar surface area (TPSA) is 294 Å². The first-order valence-corrected chi connectivity index (χ1v) is 31.6. The first kappa shape index (κ1) is 72.9. The molecule has 0 unspecified atom stereocenters. The fraction of sp³-hybridized carbons (Fsp3) is 0.562. The molecule has 2 aliphatic heterocycles. The minimum absolute atomic E-state index is 0.0285. The quantitative estimate of drug-likeness (QED) is 0.0195. The molecule has 27 heteroatoms. The Hall–Kier alpha value is -7.14. The molecular formula is C64H88F3N9O14S. The van der Waals surface area contributed by atoms with E-state index < -0.39 is 77.7 Å². The van der Waals surface area contributed by atoms with Crippen molar-refractivity contribution in [2.24, 2.45) is 29.4 Å². The largest absolute Gasteiger partial charge is 0.445 e. The minimum atomic E-state index is -1.62. The van der Waals surface area contributed by atoms with Crippen LogP contribution in [0.2, 0.25) is 0 Å². The summed E-state index contributed by atoms with van der Waals surface area (Å²) in [6.45, 7) is 7.73. The molecule has 0 bridgehead atoms. The number of nitrogens with two attached hydrogens (primary N) is 1. The molecule has 0 radical (unpaired) electrons. The fourth-order valence-electron chi connectivity index (χ4n) is 10.7. The van der Waals surface area contributed by atoms with Gasteiger partial charge < -0.3 is 74.9 Å². The molecule has 3 heterocycles. The van der Waals surface area contributed by atoms with Gasteiger partial charge in [0, 0.05) is 94.5 Å². The highest BCUT2D eigenvalue weighted by molar-refractivity contribution is 7.80. The van der Waals surface area contributed by atoms with Gasteiger partial charge >= 0.3 is 12.1 Å². The highest BCUT2D eigenvalue weighted by Gasteiger charge is 2.44. The predicted molar refractivity (Wildman–Crippen MR) is 334 cm³/mol. The second-order valence-electron chi connectivity index (χ2n) is 22.8. The van der Waals surface area contributed by atoms with E-state index in [1.54, 1.807) is 48.9 Å². The number of hydrogen-bond donors (Lipinski definition) is 7. The second-order valence-corrected chi connectivity index (χ2v) is 23.3. The Kier molecular flexibility index (Phi) is 31.0. The van der Waals surface area contributed by atoms with Crippen LogP contribution in [-0.4, -0.2) is 189 Å². The number of likely N-dealkylation sites (tertiary alicyclic amines) is 1. The number of aliphatic hydroxyl groups is 1. The van der Waals surface area contributed by atoms with E-state index in [0.717, 1.165) is 23.8 Å². The van der Waals surface area contributed by atoms with Gasteiger partial charge in [-0.05, 0) is 91.7 Å². The number of anilines is 1. The van der Waals surface area contributed by atoms with Crippen LogP contribution in [0.15, 0.2) is 79.0 Å². The summed E-state index contributed by atoms with van der Waals surface area (Å²) in [6, 6.07) is 16.3. The summed E-state index contributed by atoms with van der Waals surface area (Å²) in [6.07, 6.45) is -0.853. The van der Waals surface area contributed by atoms with Gasteiger partial charge in [0.2, 0.25) is 17.7 Å². The van der Waals surface area contributed by atoms with Crippen LogP contribution < -0.4 is 27.0 Å². The molecule has 4 aromatic rings. The lowest BCUT2D eigenvalue weighted by atomic mass is 9.88. The van der Waals surface area contributed by atoms with E-state index in [2.05, 4.69) is 33.9 Å². The van der Waals surface area contributed by atoms with Crippen molar-refractivity contribution in [3.05, 3.63) is 108 Å². The Morgan fingerprint density at radius 3 is 2.13 bits per heavy atom. The maximum Gasteiger partial charge on any atom is 0.410 e. The zero-order chi connectivity index (χ0) is 65.7. The average molecular weight is 1300 g/mol. The summed E-state index contributed by atoms with van der Waals surface area (Å²) in [5, 5.41) is 21.8. The number of nitrogens with one attached hydrogen (secondary N) is 4. The summed E-state index contributed by atoms with van der Waals surface area (Å²) < 4.78 is 81.5. The van der Waals surface area contributed by atoms with Gasteiger partial charge in [-0.3, -0.25) is 24.0 Å². The van der Waals surface area contributed by atoms with Crippen LogP contribution >= 0.6 is 12.6 Å². The molecular weight excluding hydrogens is 1210 g/mol. The lowest BCUT2D eigenvalue weighted by Gasteiger charge is -2.40. The lowest BCUT2D eigenvalue weighted by Crippen LogP contribution is -2.48. The van der Waals surface area contributed by atoms with Crippen LogP contribution in [-0.2, 0) is 65.5 Å². The summed E-state index contributed by atoms with van der Waals surface area (Å²) in [7, 11) is 0. The molecule has 7 N–H and O–H groups in total. The standard InChI is InChI=1S/C64H88F3N9O14S/c1-42(2)58(73-57(80)19-25-86-27-29-88-31-32-89-30-28-87-26-22-69-56(79)20-33-91)55(78)34-47(10-7-21-70-63(68)83)61(81)71-50-14-11-45(12-15-50)41-90-64(84)75-37-48(53(67)39-75)38-76(62(82)43(3)77)59(46-17-23-85-24-18-46)60-72-54(51-35-49(65)13-16-52(51)66)40-74(60)36-44-8-5-4-6-9-44/h4-6,8-9,11-16,35,40,42-43,46-48,53,58-59,77,91H,7,10,17-34,36-39,41H2,1-3H3,(H,69,79)(H,71,81)(H,73,80)(H3,68,70,83)/t43-,47+,48-,53-,58-,59+/m0/s1. The number of alkyl halides is 1. The van der Waals surface area contributed by atoms with Crippen molar-refractivity contribution >= 4 is 59.9 Å². The summed E-state index contributed by atoms with van der Waals surface area (Å²) >= 11 is 4.02. The number of carbonyl (C=O) groups excluding carboxylic acids is 7. The third kappa shape index (κ3) is 24.4. The Labute approximate surface area is 534 Å². The van der Waals surface area contributed by atoms with Gasteiger partial charge in [-0.2, -0.15) is 12.6 Å². The minimum Gasteiger partial charge on any atom is -0.445 e. The third-order valence-electron chi connectivity index (χ3n) is 15.5. The number of imidazole rings is 1. The zero-order valence-corrected chi connectivity index (χ0v) is 52.9. The molecule has 2 saturated heterocycles. The maximum absolute atomic E-state index is 16.4. The normalized spacial score (nSPS) is 16.4. The van der Waals surface area contributed by atoms with Crippen LogP contribution in [0.4, 0.5) is 28.4 Å². The first-order valence-electron chi connectivity index (χ1n) is 30.9. The number of hydrogen-bond acceptors (Lipinski definition) is 16. The number of halogens is 3. The zero-order valence-electron chi connectivity index (χ0n) is 52.0. The van der Waals surface area contributed by atoms with Crippen molar-refractivity contribution in [2.75, 3.05) is 110 Å². The molecule has 3 aromatic carbocycles. The number of benzene rings is 3. The number of ether oxygens (including phenoxy) is 6. The Bertz CT molecular complexity index is 2940. The lowest BCUT2D eigenvalue weighted by molar-refractivity contribution is -0.145. The number of carbonyl (C=O) groups is 7. The fourth-order valence-corrected chi connectivity index (χ4v) is 10.9. The van der Waals surface area contributed by atoms with Crippen LogP contribution in [0.3, 0.4) is 0 Å². The number of aliphatic hydroxyl groups excluding tert-OH is 1. The molecule has 0 aliphatic carbocycles. The first-order chi connectivity index (χ1) is 43.8. The third-order valence-corrected chi connectivity index (χ3v) is 15.7. The Morgan fingerprint density at radius 1 is 0.813 bits per heavy atom. The molecule has 2 aliphatic rings. The molecule has 23 nitrogen and oxygen atoms in total. The van der Waals surface area contributed by atoms with Crippen molar-refractivity contribution < 1.29 is 80.3 Å². The molecule has 7 amide bonds. The van der Waals surface area contributed by atoms with Crippen LogP contribution in [0, 0.1) is 35.3 Å². The number of nitrogens with zero attached hydrogens (tertiary/aromatic N) is 4. The SMILES string of the molecule is CC(C)[C@H](NC(=O)CCOCCOCCOCCOCCNC(=O)CCS)C(=O)C[C@@H](CCCNC(N)=O)C(=O)Nc1ccc(COC(=O)N2C[C@@H](CN(C(=O)[C@H](C)O)[C@@H](c3nc(-c4cc(F)ccc4F)cn3Cc3ccccc3)C3CCOCC3)[C@@H](F)C2)cc1. The van der Waals surface area contributed by atoms with E-state index in [9.17, 15) is 43.1 Å². The number of amides is 7. The molecule has 6 atom stereocenters. The number of urea groups is 1. The van der Waals surface area contributed by atoms with E-state index in [-0.39, 0.29) is 113 Å². The van der Waals surface area contributed by atoms with Gasteiger partial charge in [-0.15, -0.1) is 0 Å². The van der Waals surface area contributed by atoms with E-state index in [4.69, 9.17) is 39.1 Å². The van der Waals surface area contributed by atoms with Gasteiger partial charge in [0.15, 0.2) is 5.78 Å². The van der Waals surface area contributed by atoms with Gasteiger partial charge in [0.1, 0.15) is 36.3 Å². The average Bonchev–Trinajstić information content (AvgIpc) is 1.72. The van der Waals surface area contributed by atoms with Crippen molar-refractivity contribution in [1.82, 2.24) is 35.3 Å². The molecule has 6 rings (SSSR count). The summed E-state index contributed by atoms with van der Waals surface area (Å²) in [5.74, 6) is -5.10. The predicted octanol–water partition coefficient (Wildman–Crippen LogP) is 6.16. The van der Waals surface area contributed by atoms with Crippen molar-refractivity contribution in [3.8, 4) is 11.3 Å². The van der Waals surface area contributed by atoms with E-state index in [1.807, 2.05) is 30.3 Å². The van der Waals surface area contributed by atoms with Crippen molar-refractivity contribution in [3.63, 3.8) is 0 Å². The number of primary amides is 1. The number of aromatic nitrogens is 2. The van der Waals surface area contributed by atoms with E-state index in [0.29, 0.717) is 101 Å². The second kappa shape index (κ2) is 38.6. The number of ketones is 1. The van der Waals surface area contributed by atoms with Crippen LogP contribution in [0.25, 0.3) is 11.3 Å². The van der Waals surface area contributed by atoms with E-state index >= 15 is 8.78 Å². The number of thiol groups is 1. The van der Waals surface area contributed by atoms with Gasteiger partial charge in [0.25, 0.3) is 5.91 Å². The van der Waals surface area contributed by atoms with Gasteiger partial charge in [-0.1, -0.05) is 56.3 Å². The molecule has 0 spiro atoms. The number of rotatable bonds is 39.